The minimum absolute atomic E-state index is 0.120. The van der Waals surface area contributed by atoms with Gasteiger partial charge < -0.3 is 4.98 Å². The highest BCUT2D eigenvalue weighted by molar-refractivity contribution is 7.92. The lowest BCUT2D eigenvalue weighted by Crippen LogP contribution is -2.25. The molecule has 1 saturated carbocycles. The lowest BCUT2D eigenvalue weighted by molar-refractivity contribution is -0.107. The van der Waals surface area contributed by atoms with Crippen LogP contribution in [0.3, 0.4) is 0 Å². The lowest BCUT2D eigenvalue weighted by Gasteiger charge is -2.16. The molecule has 4 aromatic rings. The standard InChI is InChI=1S/C22H18ClN5O3S/c23-15-3-9-18(10-4-15)32(30,31)27-16-5-1-14(2-6-16)20-19-11-12-24-21(19)26-22(25-20)28(13-29)17-7-8-17/h1-6,9-13,17,27H,7-8H2,(H,24,25,26). The molecule has 2 N–H and O–H groups in total. The maximum atomic E-state index is 12.6. The van der Waals surface area contributed by atoms with Crippen LogP contribution in [0.4, 0.5) is 11.6 Å². The molecular weight excluding hydrogens is 450 g/mol. The van der Waals surface area contributed by atoms with E-state index < -0.39 is 10.0 Å². The van der Waals surface area contributed by atoms with Crippen LogP contribution in [-0.2, 0) is 14.8 Å². The minimum atomic E-state index is -3.74. The topological polar surface area (TPSA) is 108 Å². The molecule has 0 bridgehead atoms. The van der Waals surface area contributed by atoms with Crippen LogP contribution in [0.5, 0.6) is 0 Å². The van der Waals surface area contributed by atoms with Gasteiger partial charge >= 0.3 is 0 Å². The summed E-state index contributed by atoms with van der Waals surface area (Å²) in [4.78, 5) is 25.5. The van der Waals surface area contributed by atoms with Crippen LogP contribution in [0.25, 0.3) is 22.3 Å². The van der Waals surface area contributed by atoms with Gasteiger partial charge in [-0.2, -0.15) is 4.98 Å². The van der Waals surface area contributed by atoms with Crippen molar-refractivity contribution < 1.29 is 13.2 Å². The van der Waals surface area contributed by atoms with Crippen molar-refractivity contribution in [1.82, 2.24) is 15.0 Å². The molecule has 1 fully saturated rings. The normalized spacial score (nSPS) is 13.8. The molecule has 1 aliphatic carbocycles. The van der Waals surface area contributed by atoms with Gasteiger partial charge in [0.1, 0.15) is 5.65 Å². The van der Waals surface area contributed by atoms with Crippen LogP contribution in [0.15, 0.2) is 65.7 Å². The van der Waals surface area contributed by atoms with Crippen molar-refractivity contribution in [2.24, 2.45) is 0 Å². The predicted molar refractivity (Wildman–Crippen MR) is 123 cm³/mol. The van der Waals surface area contributed by atoms with Gasteiger partial charge in [0, 0.05) is 33.9 Å². The van der Waals surface area contributed by atoms with Gasteiger partial charge in [0.2, 0.25) is 12.4 Å². The molecule has 0 radical (unpaired) electrons. The van der Waals surface area contributed by atoms with Crippen LogP contribution >= 0.6 is 11.6 Å². The number of H-pyrrole nitrogens is 1. The summed E-state index contributed by atoms with van der Waals surface area (Å²) in [5.41, 5.74) is 2.47. The van der Waals surface area contributed by atoms with Gasteiger partial charge in [-0.15, -0.1) is 0 Å². The van der Waals surface area contributed by atoms with Gasteiger partial charge in [0.05, 0.1) is 10.6 Å². The molecular formula is C22H18ClN5O3S. The van der Waals surface area contributed by atoms with Crippen molar-refractivity contribution in [3.05, 3.63) is 65.8 Å². The molecule has 32 heavy (non-hydrogen) atoms. The van der Waals surface area contributed by atoms with E-state index in [1.165, 1.54) is 24.3 Å². The van der Waals surface area contributed by atoms with Crippen molar-refractivity contribution in [2.45, 2.75) is 23.8 Å². The summed E-state index contributed by atoms with van der Waals surface area (Å²) in [7, 11) is -3.74. The highest BCUT2D eigenvalue weighted by atomic mass is 35.5. The van der Waals surface area contributed by atoms with Crippen molar-refractivity contribution in [1.29, 1.82) is 0 Å². The highest BCUT2D eigenvalue weighted by Gasteiger charge is 2.31. The van der Waals surface area contributed by atoms with Crippen molar-refractivity contribution in [3.8, 4) is 11.3 Å². The monoisotopic (exact) mass is 467 g/mol. The van der Waals surface area contributed by atoms with E-state index >= 15 is 0 Å². The largest absolute Gasteiger partial charge is 0.346 e. The van der Waals surface area contributed by atoms with E-state index in [4.69, 9.17) is 11.6 Å². The molecule has 5 rings (SSSR count). The SMILES string of the molecule is O=CN(c1nc(-c2ccc(NS(=O)(=O)c3ccc(Cl)cc3)cc2)c2cc[nH]c2n1)C1CC1. The fourth-order valence-corrected chi connectivity index (χ4v) is 4.62. The molecule has 2 aromatic heterocycles. The summed E-state index contributed by atoms with van der Waals surface area (Å²) in [5.74, 6) is 0.347. The maximum absolute atomic E-state index is 12.6. The molecule has 2 heterocycles. The molecule has 8 nitrogen and oxygen atoms in total. The number of carbonyl (C=O) groups excluding carboxylic acids is 1. The summed E-state index contributed by atoms with van der Waals surface area (Å²) in [6.45, 7) is 0. The Labute approximate surface area is 189 Å². The number of nitrogens with zero attached hydrogens (tertiary/aromatic N) is 3. The first-order valence-electron chi connectivity index (χ1n) is 9.92. The summed E-state index contributed by atoms with van der Waals surface area (Å²) >= 11 is 5.84. The van der Waals surface area contributed by atoms with Gasteiger partial charge in [-0.05, 0) is 55.3 Å². The van der Waals surface area contributed by atoms with Crippen molar-refractivity contribution in [3.63, 3.8) is 0 Å². The van der Waals surface area contributed by atoms with E-state index in [0.29, 0.717) is 28.0 Å². The second-order valence-electron chi connectivity index (χ2n) is 7.49. The fourth-order valence-electron chi connectivity index (χ4n) is 3.44. The van der Waals surface area contributed by atoms with E-state index in [1.807, 2.05) is 6.07 Å². The zero-order valence-corrected chi connectivity index (χ0v) is 18.3. The summed E-state index contributed by atoms with van der Waals surface area (Å²) in [5, 5.41) is 1.27. The zero-order chi connectivity index (χ0) is 22.3. The first-order chi connectivity index (χ1) is 15.4. The second kappa shape index (κ2) is 7.92. The smallest absolute Gasteiger partial charge is 0.261 e. The van der Waals surface area contributed by atoms with E-state index in [1.54, 1.807) is 35.4 Å². The van der Waals surface area contributed by atoms with Gasteiger partial charge in [0.15, 0.2) is 0 Å². The Kier molecular flexibility index (Phi) is 5.07. The Hall–Kier alpha value is -3.43. The average molecular weight is 468 g/mol. The number of rotatable bonds is 7. The number of carbonyl (C=O) groups is 1. The molecule has 1 amide bonds. The Morgan fingerprint density at radius 2 is 1.75 bits per heavy atom. The van der Waals surface area contributed by atoms with E-state index in [-0.39, 0.29) is 10.9 Å². The number of hydrogen-bond donors (Lipinski definition) is 2. The molecule has 162 valence electrons. The number of aromatic nitrogens is 3. The molecule has 10 heteroatoms. The Balaban J connectivity index is 1.47. The van der Waals surface area contributed by atoms with Crippen LogP contribution in [0, 0.1) is 0 Å². The van der Waals surface area contributed by atoms with E-state index in [2.05, 4.69) is 19.7 Å². The van der Waals surface area contributed by atoms with Crippen molar-refractivity contribution >= 4 is 50.7 Å². The van der Waals surface area contributed by atoms with Crippen LogP contribution in [-0.4, -0.2) is 35.8 Å². The summed E-state index contributed by atoms with van der Waals surface area (Å²) < 4.78 is 27.8. The molecule has 0 aliphatic heterocycles. The Bertz CT molecular complexity index is 1400. The summed E-state index contributed by atoms with van der Waals surface area (Å²) in [6.07, 6.45) is 4.40. The Morgan fingerprint density at radius 3 is 2.41 bits per heavy atom. The Morgan fingerprint density at radius 1 is 1.03 bits per heavy atom. The maximum Gasteiger partial charge on any atom is 0.261 e. The number of sulfonamides is 1. The van der Waals surface area contributed by atoms with Crippen LogP contribution in [0.2, 0.25) is 5.02 Å². The highest BCUT2D eigenvalue weighted by Crippen LogP contribution is 2.33. The quantitative estimate of drug-likeness (QED) is 0.396. The number of amides is 1. The molecule has 1 aliphatic rings. The summed E-state index contributed by atoms with van der Waals surface area (Å²) in [6, 6.07) is 14.8. The third kappa shape index (κ3) is 3.92. The van der Waals surface area contributed by atoms with Gasteiger partial charge in [-0.1, -0.05) is 23.7 Å². The van der Waals surface area contributed by atoms with Gasteiger partial charge in [-0.3, -0.25) is 14.4 Å². The van der Waals surface area contributed by atoms with Gasteiger partial charge in [-0.25, -0.2) is 13.4 Å². The second-order valence-corrected chi connectivity index (χ2v) is 9.61. The van der Waals surface area contributed by atoms with Crippen molar-refractivity contribution in [2.75, 3.05) is 9.62 Å². The van der Waals surface area contributed by atoms with E-state index in [9.17, 15) is 13.2 Å². The molecule has 0 unspecified atom stereocenters. The number of benzene rings is 2. The fraction of sp³-hybridized carbons (Fsp3) is 0.136. The first kappa shape index (κ1) is 20.5. The molecule has 0 spiro atoms. The number of aromatic amines is 1. The number of halogens is 1. The number of fused-ring (bicyclic) bond motifs is 1. The van der Waals surface area contributed by atoms with Crippen LogP contribution < -0.4 is 9.62 Å². The number of nitrogens with one attached hydrogen (secondary N) is 2. The zero-order valence-electron chi connectivity index (χ0n) is 16.7. The molecule has 0 atom stereocenters. The predicted octanol–water partition coefficient (Wildman–Crippen LogP) is 4.20. The van der Waals surface area contributed by atoms with E-state index in [0.717, 1.165) is 30.2 Å². The van der Waals surface area contributed by atoms with Crippen LogP contribution in [0.1, 0.15) is 12.8 Å². The molecule has 0 saturated heterocycles. The third-order valence-corrected chi connectivity index (χ3v) is 6.87. The average Bonchev–Trinajstić information content (AvgIpc) is 3.50. The third-order valence-electron chi connectivity index (χ3n) is 5.22. The molecule has 2 aromatic carbocycles. The first-order valence-corrected chi connectivity index (χ1v) is 11.8. The van der Waals surface area contributed by atoms with Gasteiger partial charge in [0.25, 0.3) is 10.0 Å². The lowest BCUT2D eigenvalue weighted by atomic mass is 10.1. The number of hydrogen-bond acceptors (Lipinski definition) is 5. The number of anilines is 2. The minimum Gasteiger partial charge on any atom is -0.346 e.